The summed E-state index contributed by atoms with van der Waals surface area (Å²) in [6.45, 7) is 10.5. The molecule has 154 valence electrons. The molecular weight excluding hydrogens is 336 g/mol. The van der Waals surface area contributed by atoms with Crippen molar-refractivity contribution in [1.82, 2.24) is 16.0 Å². The highest BCUT2D eigenvalue weighted by molar-refractivity contribution is 5.80. The Morgan fingerprint density at radius 1 is 1.15 bits per heavy atom. The highest BCUT2D eigenvalue weighted by atomic mass is 16.6. The third kappa shape index (κ3) is 14.8. The molecule has 0 aromatic heterocycles. The molecule has 0 aliphatic carbocycles. The molecule has 0 heterocycles. The van der Waals surface area contributed by atoms with Crippen LogP contribution >= 0.6 is 0 Å². The standard InChI is InChI=1S/C18H38N4O4/c1-7-8-9-15(14-21-17(23)26-18(2,3)4)22-16(19-5)20-10-11-25-13-12-24-6/h15H,7-14H2,1-6H3,(H,21,23)(H2,19,20,22). The Labute approximate surface area is 158 Å². The number of methoxy groups -OCH3 is 1. The number of alkyl carbamates (subject to hydrolysis) is 1. The number of guanidine groups is 1. The molecule has 0 aliphatic rings. The first-order valence-electron chi connectivity index (χ1n) is 9.33. The molecule has 1 unspecified atom stereocenters. The lowest BCUT2D eigenvalue weighted by Gasteiger charge is -2.24. The third-order valence-corrected chi connectivity index (χ3v) is 3.33. The van der Waals surface area contributed by atoms with E-state index >= 15 is 0 Å². The van der Waals surface area contributed by atoms with E-state index in [1.807, 2.05) is 20.8 Å². The highest BCUT2D eigenvalue weighted by Gasteiger charge is 2.18. The monoisotopic (exact) mass is 374 g/mol. The number of hydrogen-bond donors (Lipinski definition) is 3. The van der Waals surface area contributed by atoms with Gasteiger partial charge >= 0.3 is 6.09 Å². The first-order valence-corrected chi connectivity index (χ1v) is 9.33. The minimum atomic E-state index is -0.503. The van der Waals surface area contributed by atoms with Gasteiger partial charge in [-0.2, -0.15) is 0 Å². The molecule has 0 saturated heterocycles. The summed E-state index contributed by atoms with van der Waals surface area (Å²) in [7, 11) is 3.37. The van der Waals surface area contributed by atoms with Gasteiger partial charge in [-0.25, -0.2) is 4.79 Å². The molecular formula is C18H38N4O4. The fourth-order valence-corrected chi connectivity index (χ4v) is 2.07. The molecule has 0 saturated carbocycles. The average Bonchev–Trinajstić information content (AvgIpc) is 2.57. The summed E-state index contributed by atoms with van der Waals surface area (Å²) < 4.78 is 15.6. The van der Waals surface area contributed by atoms with E-state index < -0.39 is 11.7 Å². The Balaban J connectivity index is 4.32. The first kappa shape index (κ1) is 24.5. The number of rotatable bonds is 12. The normalized spacial score (nSPS) is 13.2. The third-order valence-electron chi connectivity index (χ3n) is 3.33. The van der Waals surface area contributed by atoms with Crippen molar-refractivity contribution in [3.05, 3.63) is 0 Å². The highest BCUT2D eigenvalue weighted by Crippen LogP contribution is 2.06. The van der Waals surface area contributed by atoms with Crippen molar-refractivity contribution in [1.29, 1.82) is 0 Å². The molecule has 8 nitrogen and oxygen atoms in total. The van der Waals surface area contributed by atoms with Crippen LogP contribution in [0.15, 0.2) is 4.99 Å². The van der Waals surface area contributed by atoms with Gasteiger partial charge in [0.2, 0.25) is 0 Å². The van der Waals surface area contributed by atoms with Crippen molar-refractivity contribution in [2.24, 2.45) is 4.99 Å². The number of amides is 1. The summed E-state index contributed by atoms with van der Waals surface area (Å²) in [6, 6.07) is 0.0723. The van der Waals surface area contributed by atoms with Crippen molar-refractivity contribution in [2.75, 3.05) is 47.1 Å². The van der Waals surface area contributed by atoms with Crippen LogP contribution in [0.2, 0.25) is 0 Å². The second-order valence-electron chi connectivity index (χ2n) is 6.97. The number of hydrogen-bond acceptors (Lipinski definition) is 5. The van der Waals surface area contributed by atoms with Gasteiger partial charge in [0, 0.05) is 33.3 Å². The van der Waals surface area contributed by atoms with Crippen LogP contribution in [0.3, 0.4) is 0 Å². The molecule has 0 aromatic carbocycles. The lowest BCUT2D eigenvalue weighted by atomic mass is 10.1. The lowest BCUT2D eigenvalue weighted by Crippen LogP contribution is -2.49. The van der Waals surface area contributed by atoms with Gasteiger partial charge in [0.25, 0.3) is 0 Å². The SMILES string of the molecule is CCCCC(CNC(=O)OC(C)(C)C)NC(=NC)NCCOCCOC. The zero-order chi connectivity index (χ0) is 19.8. The minimum Gasteiger partial charge on any atom is -0.444 e. The maximum Gasteiger partial charge on any atom is 0.407 e. The number of carbonyl (C=O) groups excluding carboxylic acids is 1. The second kappa shape index (κ2) is 14.6. The zero-order valence-electron chi connectivity index (χ0n) is 17.3. The fraction of sp³-hybridized carbons (Fsp3) is 0.889. The molecule has 0 spiro atoms. The van der Waals surface area contributed by atoms with Gasteiger partial charge in [-0.1, -0.05) is 19.8 Å². The van der Waals surface area contributed by atoms with Gasteiger partial charge < -0.3 is 30.2 Å². The molecule has 0 bridgehead atoms. The average molecular weight is 375 g/mol. The fourth-order valence-electron chi connectivity index (χ4n) is 2.07. The van der Waals surface area contributed by atoms with Crippen molar-refractivity contribution in [2.45, 2.75) is 58.6 Å². The van der Waals surface area contributed by atoms with E-state index in [1.54, 1.807) is 14.2 Å². The molecule has 0 rings (SSSR count). The Bertz CT molecular complexity index is 397. The zero-order valence-corrected chi connectivity index (χ0v) is 17.3. The predicted octanol–water partition coefficient (Wildman–Crippen LogP) is 1.90. The van der Waals surface area contributed by atoms with Crippen LogP contribution in [0.25, 0.3) is 0 Å². The Kier molecular flexibility index (Phi) is 13.7. The van der Waals surface area contributed by atoms with Gasteiger partial charge in [0.1, 0.15) is 5.60 Å². The van der Waals surface area contributed by atoms with Gasteiger partial charge in [-0.15, -0.1) is 0 Å². The minimum absolute atomic E-state index is 0.0723. The second-order valence-corrected chi connectivity index (χ2v) is 6.97. The van der Waals surface area contributed by atoms with Gasteiger partial charge in [0.15, 0.2) is 5.96 Å². The molecule has 0 aromatic rings. The van der Waals surface area contributed by atoms with E-state index in [1.165, 1.54) is 0 Å². The molecule has 0 radical (unpaired) electrons. The van der Waals surface area contributed by atoms with Gasteiger partial charge in [-0.05, 0) is 27.2 Å². The van der Waals surface area contributed by atoms with Crippen molar-refractivity contribution in [3.8, 4) is 0 Å². The lowest BCUT2D eigenvalue weighted by molar-refractivity contribution is 0.0522. The van der Waals surface area contributed by atoms with Crippen LogP contribution in [-0.2, 0) is 14.2 Å². The topological polar surface area (TPSA) is 93.2 Å². The van der Waals surface area contributed by atoms with E-state index in [0.29, 0.717) is 38.9 Å². The summed E-state index contributed by atoms with van der Waals surface area (Å²) in [4.78, 5) is 16.1. The number of nitrogens with zero attached hydrogens (tertiary/aromatic N) is 1. The van der Waals surface area contributed by atoms with Crippen LogP contribution in [0.4, 0.5) is 4.79 Å². The number of aliphatic imine (C=N–C) groups is 1. The Hall–Kier alpha value is -1.54. The number of carbonyl (C=O) groups is 1. The summed E-state index contributed by atoms with van der Waals surface area (Å²) in [6.07, 6.45) is 2.67. The van der Waals surface area contributed by atoms with Crippen molar-refractivity contribution < 1.29 is 19.0 Å². The molecule has 3 N–H and O–H groups in total. The maximum atomic E-state index is 11.9. The van der Waals surface area contributed by atoms with Gasteiger partial charge in [0.05, 0.1) is 19.8 Å². The van der Waals surface area contributed by atoms with Gasteiger partial charge in [-0.3, -0.25) is 4.99 Å². The van der Waals surface area contributed by atoms with Crippen LogP contribution in [0, 0.1) is 0 Å². The summed E-state index contributed by atoms with van der Waals surface area (Å²) >= 11 is 0. The molecule has 26 heavy (non-hydrogen) atoms. The van der Waals surface area contributed by atoms with Crippen LogP contribution < -0.4 is 16.0 Å². The summed E-state index contributed by atoms with van der Waals surface area (Å²) in [5.41, 5.74) is -0.503. The van der Waals surface area contributed by atoms with Crippen LogP contribution in [0.5, 0.6) is 0 Å². The van der Waals surface area contributed by atoms with E-state index in [4.69, 9.17) is 14.2 Å². The molecule has 0 aliphatic heterocycles. The number of ether oxygens (including phenoxy) is 3. The Morgan fingerprint density at radius 2 is 1.88 bits per heavy atom. The molecule has 8 heteroatoms. The molecule has 0 fully saturated rings. The molecule has 1 atom stereocenters. The number of nitrogens with one attached hydrogen (secondary N) is 3. The van der Waals surface area contributed by atoms with Crippen molar-refractivity contribution in [3.63, 3.8) is 0 Å². The largest absolute Gasteiger partial charge is 0.444 e. The quantitative estimate of drug-likeness (QED) is 0.274. The van der Waals surface area contributed by atoms with E-state index in [9.17, 15) is 4.79 Å². The number of unbranched alkanes of at least 4 members (excludes halogenated alkanes) is 1. The van der Waals surface area contributed by atoms with E-state index in [2.05, 4.69) is 27.9 Å². The summed E-state index contributed by atoms with van der Waals surface area (Å²) in [5, 5.41) is 9.38. The Morgan fingerprint density at radius 3 is 2.46 bits per heavy atom. The molecule has 1 amide bonds. The van der Waals surface area contributed by atoms with Crippen LogP contribution in [0.1, 0.15) is 47.0 Å². The predicted molar refractivity (Wildman–Crippen MR) is 105 cm³/mol. The van der Waals surface area contributed by atoms with Crippen LogP contribution in [-0.4, -0.2) is 70.8 Å². The first-order chi connectivity index (χ1) is 12.3. The maximum absolute atomic E-state index is 11.9. The van der Waals surface area contributed by atoms with E-state index in [0.717, 1.165) is 19.3 Å². The van der Waals surface area contributed by atoms with Crippen molar-refractivity contribution >= 4 is 12.1 Å². The smallest absolute Gasteiger partial charge is 0.407 e. The van der Waals surface area contributed by atoms with E-state index in [-0.39, 0.29) is 6.04 Å². The summed E-state index contributed by atoms with van der Waals surface area (Å²) in [5.74, 6) is 0.687.